The number of hydrogen-bond donors (Lipinski definition) is 1. The van der Waals surface area contributed by atoms with E-state index in [1.54, 1.807) is 11.1 Å². The van der Waals surface area contributed by atoms with Crippen molar-refractivity contribution in [3.8, 4) is 0 Å². The van der Waals surface area contributed by atoms with E-state index < -0.39 is 0 Å². The monoisotopic (exact) mass is 261 g/mol. The first-order valence-corrected chi connectivity index (χ1v) is 7.65. The third kappa shape index (κ3) is 4.96. The molecule has 0 fully saturated rings. The molecule has 2 heteroatoms. The molecule has 1 aromatic carbocycles. The lowest BCUT2D eigenvalue weighted by molar-refractivity contribution is 0.125. The second kappa shape index (κ2) is 7.66. The molecule has 0 spiro atoms. The highest BCUT2D eigenvalue weighted by atomic mass is 16.5. The molecule has 1 aliphatic rings. The lowest BCUT2D eigenvalue weighted by Gasteiger charge is -2.09. The summed E-state index contributed by atoms with van der Waals surface area (Å²) in [7, 11) is 0. The van der Waals surface area contributed by atoms with Crippen molar-refractivity contribution in [2.75, 3.05) is 19.8 Å². The van der Waals surface area contributed by atoms with Crippen LogP contribution in [0.4, 0.5) is 0 Å². The van der Waals surface area contributed by atoms with Gasteiger partial charge in [0.25, 0.3) is 0 Å². The smallest absolute Gasteiger partial charge is 0.0591 e. The van der Waals surface area contributed by atoms with Gasteiger partial charge in [-0.1, -0.05) is 32.0 Å². The van der Waals surface area contributed by atoms with E-state index in [2.05, 4.69) is 37.4 Å². The van der Waals surface area contributed by atoms with Gasteiger partial charge in [-0.25, -0.2) is 0 Å². The Labute approximate surface area is 117 Å². The van der Waals surface area contributed by atoms with Crippen LogP contribution in [-0.2, 0) is 24.1 Å². The van der Waals surface area contributed by atoms with E-state index in [-0.39, 0.29) is 0 Å². The molecule has 2 nitrogen and oxygen atoms in total. The van der Waals surface area contributed by atoms with Gasteiger partial charge in [-0.3, -0.25) is 0 Å². The number of fused-ring (bicyclic) bond motifs is 1. The van der Waals surface area contributed by atoms with Crippen LogP contribution in [0.3, 0.4) is 0 Å². The fourth-order valence-corrected chi connectivity index (χ4v) is 2.53. The van der Waals surface area contributed by atoms with Crippen molar-refractivity contribution >= 4 is 0 Å². The van der Waals surface area contributed by atoms with Crippen molar-refractivity contribution in [3.63, 3.8) is 0 Å². The Balaban J connectivity index is 1.58. The third-order valence-electron chi connectivity index (χ3n) is 3.75. The molecule has 106 valence electrons. The molecular formula is C17H27NO. The Bertz CT molecular complexity index is 387. The zero-order chi connectivity index (χ0) is 13.5. The van der Waals surface area contributed by atoms with Gasteiger partial charge in [-0.15, -0.1) is 0 Å². The third-order valence-corrected chi connectivity index (χ3v) is 3.75. The topological polar surface area (TPSA) is 21.3 Å². The van der Waals surface area contributed by atoms with Crippen LogP contribution in [0, 0.1) is 5.92 Å². The molecule has 0 saturated heterocycles. The normalized spacial score (nSPS) is 14.1. The summed E-state index contributed by atoms with van der Waals surface area (Å²) >= 11 is 0. The van der Waals surface area contributed by atoms with E-state index in [4.69, 9.17) is 4.74 Å². The van der Waals surface area contributed by atoms with Gasteiger partial charge in [-0.05, 0) is 48.3 Å². The Morgan fingerprint density at radius 2 is 2.00 bits per heavy atom. The van der Waals surface area contributed by atoms with Crippen LogP contribution in [0.15, 0.2) is 18.2 Å². The van der Waals surface area contributed by atoms with Crippen LogP contribution in [-0.4, -0.2) is 19.8 Å². The van der Waals surface area contributed by atoms with Crippen LogP contribution >= 0.6 is 0 Å². The second-order valence-corrected chi connectivity index (χ2v) is 5.93. The van der Waals surface area contributed by atoms with Crippen LogP contribution in [0.25, 0.3) is 0 Å². The summed E-state index contributed by atoms with van der Waals surface area (Å²) in [5, 5.41) is 3.46. The average molecular weight is 261 g/mol. The molecule has 0 bridgehead atoms. The Morgan fingerprint density at radius 3 is 2.84 bits per heavy atom. The average Bonchev–Trinajstić information content (AvgIpc) is 2.84. The van der Waals surface area contributed by atoms with Crippen molar-refractivity contribution in [2.24, 2.45) is 5.92 Å². The minimum absolute atomic E-state index is 0.736. The fraction of sp³-hybridized carbons (Fsp3) is 0.647. The van der Waals surface area contributed by atoms with Crippen LogP contribution in [0.5, 0.6) is 0 Å². The van der Waals surface area contributed by atoms with Crippen LogP contribution < -0.4 is 5.32 Å². The van der Waals surface area contributed by atoms with Crippen LogP contribution in [0.2, 0.25) is 0 Å². The number of hydrogen-bond acceptors (Lipinski definition) is 2. The standard InChI is InChI=1S/C17H27NO/c1-14(2)8-10-19-11-9-18-13-15-6-7-16-4-3-5-17(16)12-15/h6-7,12,14,18H,3-5,8-11,13H2,1-2H3. The van der Waals surface area contributed by atoms with Crippen LogP contribution in [0.1, 0.15) is 43.4 Å². The summed E-state index contributed by atoms with van der Waals surface area (Å²) in [5.41, 5.74) is 4.52. The van der Waals surface area contributed by atoms with Gasteiger partial charge in [0.15, 0.2) is 0 Å². The summed E-state index contributed by atoms with van der Waals surface area (Å²) in [6.45, 7) is 8.07. The van der Waals surface area contributed by atoms with Gasteiger partial charge in [0.05, 0.1) is 6.61 Å². The first-order chi connectivity index (χ1) is 9.25. The molecule has 0 amide bonds. The summed E-state index contributed by atoms with van der Waals surface area (Å²) in [4.78, 5) is 0. The molecular weight excluding hydrogens is 234 g/mol. The van der Waals surface area contributed by atoms with Gasteiger partial charge in [0.1, 0.15) is 0 Å². The van der Waals surface area contributed by atoms with E-state index >= 15 is 0 Å². The molecule has 0 unspecified atom stereocenters. The molecule has 0 aromatic heterocycles. The second-order valence-electron chi connectivity index (χ2n) is 5.93. The molecule has 1 aliphatic carbocycles. The number of benzene rings is 1. The molecule has 0 atom stereocenters. The first-order valence-electron chi connectivity index (χ1n) is 7.65. The SMILES string of the molecule is CC(C)CCOCCNCc1ccc2c(c1)CCC2. The minimum Gasteiger partial charge on any atom is -0.380 e. The number of nitrogens with one attached hydrogen (secondary N) is 1. The van der Waals surface area contributed by atoms with E-state index in [9.17, 15) is 0 Å². The number of aryl methyl sites for hydroxylation is 2. The molecule has 0 aliphatic heterocycles. The maximum atomic E-state index is 5.59. The molecule has 1 N–H and O–H groups in total. The summed E-state index contributed by atoms with van der Waals surface area (Å²) < 4.78 is 5.59. The minimum atomic E-state index is 0.736. The maximum Gasteiger partial charge on any atom is 0.0591 e. The lowest BCUT2D eigenvalue weighted by Crippen LogP contribution is -2.19. The van der Waals surface area contributed by atoms with Crippen molar-refractivity contribution in [1.29, 1.82) is 0 Å². The van der Waals surface area contributed by atoms with Crippen molar-refractivity contribution < 1.29 is 4.74 Å². The van der Waals surface area contributed by atoms with Crippen molar-refractivity contribution in [3.05, 3.63) is 34.9 Å². The van der Waals surface area contributed by atoms with Crippen molar-refractivity contribution in [2.45, 2.75) is 46.1 Å². The van der Waals surface area contributed by atoms with Gasteiger partial charge in [-0.2, -0.15) is 0 Å². The Morgan fingerprint density at radius 1 is 1.16 bits per heavy atom. The zero-order valence-electron chi connectivity index (χ0n) is 12.4. The predicted octanol–water partition coefficient (Wildman–Crippen LogP) is 3.33. The number of rotatable bonds is 8. The fourth-order valence-electron chi connectivity index (χ4n) is 2.53. The molecule has 1 aromatic rings. The van der Waals surface area contributed by atoms with Gasteiger partial charge >= 0.3 is 0 Å². The largest absolute Gasteiger partial charge is 0.380 e. The molecule has 19 heavy (non-hydrogen) atoms. The molecule has 0 radical (unpaired) electrons. The summed E-state index contributed by atoms with van der Waals surface area (Å²) in [6.07, 6.45) is 5.02. The van der Waals surface area contributed by atoms with Gasteiger partial charge in [0.2, 0.25) is 0 Å². The summed E-state index contributed by atoms with van der Waals surface area (Å²) in [5.74, 6) is 0.736. The zero-order valence-corrected chi connectivity index (χ0v) is 12.4. The first kappa shape index (κ1) is 14.5. The van der Waals surface area contributed by atoms with E-state index in [0.717, 1.165) is 38.6 Å². The van der Waals surface area contributed by atoms with E-state index in [0.29, 0.717) is 0 Å². The Kier molecular flexibility index (Phi) is 5.87. The van der Waals surface area contributed by atoms with Gasteiger partial charge < -0.3 is 10.1 Å². The predicted molar refractivity (Wildman–Crippen MR) is 80.4 cm³/mol. The van der Waals surface area contributed by atoms with Crippen molar-refractivity contribution in [1.82, 2.24) is 5.32 Å². The quantitative estimate of drug-likeness (QED) is 0.725. The Hall–Kier alpha value is -0.860. The number of ether oxygens (including phenoxy) is 1. The van der Waals surface area contributed by atoms with Gasteiger partial charge in [0, 0.05) is 19.7 Å². The molecule has 2 rings (SSSR count). The lowest BCUT2D eigenvalue weighted by atomic mass is 10.1. The maximum absolute atomic E-state index is 5.59. The molecule has 0 saturated carbocycles. The highest BCUT2D eigenvalue weighted by Gasteiger charge is 2.10. The van der Waals surface area contributed by atoms with E-state index in [1.165, 1.54) is 24.8 Å². The van der Waals surface area contributed by atoms with E-state index in [1.807, 2.05) is 0 Å². The highest BCUT2D eigenvalue weighted by Crippen LogP contribution is 2.22. The summed E-state index contributed by atoms with van der Waals surface area (Å²) in [6, 6.07) is 6.93. The highest BCUT2D eigenvalue weighted by molar-refractivity contribution is 5.35. The molecule has 0 heterocycles.